The number of fused-ring (bicyclic) bond motifs is 7. The van der Waals surface area contributed by atoms with E-state index in [1.54, 1.807) is 0 Å². The van der Waals surface area contributed by atoms with Gasteiger partial charge in [0.15, 0.2) is 0 Å². The largest absolute Gasteiger partial charge is 0.308 e. The fraction of sp³-hybridized carbons (Fsp3) is 0.0476. The Balaban J connectivity index is 1.51. The summed E-state index contributed by atoms with van der Waals surface area (Å²) in [7, 11) is -1.17. The van der Waals surface area contributed by atoms with Crippen molar-refractivity contribution < 1.29 is 0 Å². The number of nitrogens with zero attached hydrogens (tertiary/aromatic N) is 1. The second kappa shape index (κ2) is 9.47. The van der Waals surface area contributed by atoms with E-state index in [-0.39, 0.29) is 0 Å². The van der Waals surface area contributed by atoms with Gasteiger partial charge in [-0.25, -0.2) is 0 Å². The van der Waals surface area contributed by atoms with Gasteiger partial charge in [-0.05, 0) is 87.0 Å². The third-order valence-electron chi connectivity index (χ3n) is 9.46. The predicted octanol–water partition coefficient (Wildman–Crippen LogP) is 12.1. The molecule has 7 aromatic rings. The van der Waals surface area contributed by atoms with Crippen molar-refractivity contribution in [2.75, 3.05) is 17.4 Å². The van der Waals surface area contributed by atoms with E-state index in [0.717, 1.165) is 0 Å². The van der Waals surface area contributed by atoms with E-state index >= 15 is 0 Å². The van der Waals surface area contributed by atoms with E-state index in [1.165, 1.54) is 81.8 Å². The number of anilines is 3. The zero-order valence-electron chi connectivity index (χ0n) is 24.8. The summed E-state index contributed by atoms with van der Waals surface area (Å²) in [5.74, 6) is 0. The lowest BCUT2D eigenvalue weighted by molar-refractivity contribution is 1.30. The minimum atomic E-state index is -1.17. The zero-order valence-corrected chi connectivity index (χ0v) is 25.6. The Morgan fingerprint density at radius 2 is 1.05 bits per heavy atom. The molecule has 2 heteroatoms. The van der Waals surface area contributed by atoms with Crippen molar-refractivity contribution in [3.05, 3.63) is 151 Å². The fourth-order valence-electron chi connectivity index (χ4n) is 7.44. The van der Waals surface area contributed by atoms with Gasteiger partial charge in [-0.15, -0.1) is 0 Å². The molecule has 0 saturated carbocycles. The zero-order chi connectivity index (χ0) is 29.4. The van der Waals surface area contributed by atoms with Gasteiger partial charge in [0.05, 0.1) is 17.1 Å². The first kappa shape index (κ1) is 25.4. The third kappa shape index (κ3) is 3.55. The molecule has 44 heavy (non-hydrogen) atoms. The Hall–Kier alpha value is -5.05. The van der Waals surface area contributed by atoms with Crippen LogP contribution in [0.2, 0.25) is 0 Å². The number of hydrogen-bond acceptors (Lipinski definition) is 1. The monoisotopic (exact) mass is 581 g/mol. The molecule has 0 fully saturated rings. The number of hydrogen-bond donors (Lipinski definition) is 0. The molecule has 0 atom stereocenters. The molecule has 0 amide bonds. The van der Waals surface area contributed by atoms with Crippen LogP contribution in [0.15, 0.2) is 149 Å². The van der Waals surface area contributed by atoms with Gasteiger partial charge in [0.1, 0.15) is 0 Å². The van der Waals surface area contributed by atoms with Gasteiger partial charge in [-0.2, -0.15) is 10.0 Å². The summed E-state index contributed by atoms with van der Waals surface area (Å²) in [5, 5.41) is 5.11. The van der Waals surface area contributed by atoms with Crippen LogP contribution in [-0.2, 0) is 0 Å². The SMILES string of the molecule is CS1(C)c2ccccc2-c2cc3c(N4c5ccccc5C=Cc5ccccc54)c4ccccc4c(-c4ccccc4)c3cc21. The molecule has 2 aliphatic heterocycles. The Morgan fingerprint density at radius 1 is 0.455 bits per heavy atom. The maximum Gasteiger partial charge on any atom is 0.0619 e. The van der Waals surface area contributed by atoms with E-state index in [9.17, 15) is 0 Å². The normalized spacial score (nSPS) is 14.9. The standard InChI is InChI=1S/C42H31NS/c1-44(2)39-23-13-10-18-31(39)34-26-36-35(27-40(34)44)41(30-16-4-3-5-17-30)32-19-8-9-20-33(32)42(36)43-37-21-11-6-14-28(37)24-25-29-15-7-12-22-38(29)43/h3-27H,1-2H3. The molecule has 0 bridgehead atoms. The first-order valence-corrected chi connectivity index (χ1v) is 17.6. The van der Waals surface area contributed by atoms with Gasteiger partial charge in [-0.1, -0.05) is 121 Å². The van der Waals surface area contributed by atoms with Gasteiger partial charge >= 0.3 is 0 Å². The highest BCUT2D eigenvalue weighted by atomic mass is 32.3. The average Bonchev–Trinajstić information content (AvgIpc) is 3.18. The van der Waals surface area contributed by atoms with Crippen LogP contribution in [0.1, 0.15) is 11.1 Å². The van der Waals surface area contributed by atoms with Gasteiger partial charge in [0, 0.05) is 20.6 Å². The molecule has 0 saturated heterocycles. The van der Waals surface area contributed by atoms with Crippen molar-refractivity contribution in [2.24, 2.45) is 0 Å². The smallest absolute Gasteiger partial charge is 0.0619 e. The van der Waals surface area contributed by atoms with E-state index in [1.807, 2.05) is 0 Å². The summed E-state index contributed by atoms with van der Waals surface area (Å²) in [6, 6.07) is 51.7. The molecule has 9 rings (SSSR count). The molecular formula is C42H31NS. The minimum absolute atomic E-state index is 1.17. The Bertz CT molecular complexity index is 2260. The summed E-state index contributed by atoms with van der Waals surface area (Å²) in [4.78, 5) is 5.48. The van der Waals surface area contributed by atoms with Gasteiger partial charge in [-0.3, -0.25) is 0 Å². The topological polar surface area (TPSA) is 3.24 Å². The van der Waals surface area contributed by atoms with E-state index in [0.29, 0.717) is 0 Å². The lowest BCUT2D eigenvalue weighted by Crippen LogP contribution is -2.13. The molecule has 0 N–H and O–H groups in total. The molecule has 2 heterocycles. The third-order valence-corrected chi connectivity index (χ3v) is 12.3. The van der Waals surface area contributed by atoms with Crippen molar-refractivity contribution in [1.29, 1.82) is 0 Å². The molecule has 1 nitrogen and oxygen atoms in total. The lowest BCUT2D eigenvalue weighted by Gasteiger charge is -2.32. The van der Waals surface area contributed by atoms with Gasteiger partial charge < -0.3 is 4.90 Å². The van der Waals surface area contributed by atoms with E-state index in [2.05, 4.69) is 169 Å². The molecule has 0 radical (unpaired) electrons. The van der Waals surface area contributed by atoms with Crippen LogP contribution in [0.4, 0.5) is 17.1 Å². The lowest BCUT2D eigenvalue weighted by atomic mass is 9.88. The highest BCUT2D eigenvalue weighted by Gasteiger charge is 2.34. The van der Waals surface area contributed by atoms with Crippen LogP contribution in [-0.4, -0.2) is 12.5 Å². The van der Waals surface area contributed by atoms with Crippen molar-refractivity contribution in [3.63, 3.8) is 0 Å². The predicted molar refractivity (Wildman–Crippen MR) is 192 cm³/mol. The van der Waals surface area contributed by atoms with Crippen molar-refractivity contribution in [1.82, 2.24) is 0 Å². The van der Waals surface area contributed by atoms with Gasteiger partial charge in [0.25, 0.3) is 0 Å². The summed E-state index contributed by atoms with van der Waals surface area (Å²) < 4.78 is 0. The van der Waals surface area contributed by atoms with Crippen molar-refractivity contribution in [3.8, 4) is 22.3 Å². The van der Waals surface area contributed by atoms with Crippen molar-refractivity contribution in [2.45, 2.75) is 9.79 Å². The molecule has 7 aromatic carbocycles. The van der Waals surface area contributed by atoms with Crippen LogP contribution >= 0.6 is 10.0 Å². The Labute approximate surface area is 260 Å². The summed E-state index contributed by atoms with van der Waals surface area (Å²) in [6.45, 7) is 0. The highest BCUT2D eigenvalue weighted by molar-refractivity contribution is 8.33. The first-order chi connectivity index (χ1) is 21.6. The highest BCUT2D eigenvalue weighted by Crippen LogP contribution is 2.68. The Morgan fingerprint density at radius 3 is 1.77 bits per heavy atom. The molecule has 0 aromatic heterocycles. The van der Waals surface area contributed by atoms with Crippen LogP contribution in [0, 0.1) is 0 Å². The van der Waals surface area contributed by atoms with Crippen LogP contribution < -0.4 is 4.90 Å². The van der Waals surface area contributed by atoms with E-state index < -0.39 is 10.0 Å². The second-order valence-corrected chi connectivity index (χ2v) is 15.7. The Kier molecular flexibility index (Phi) is 5.48. The van der Waals surface area contributed by atoms with Crippen molar-refractivity contribution >= 4 is 60.8 Å². The molecule has 0 unspecified atom stereocenters. The first-order valence-electron chi connectivity index (χ1n) is 15.2. The van der Waals surface area contributed by atoms with Crippen LogP contribution in [0.3, 0.4) is 0 Å². The molecule has 0 aliphatic carbocycles. The molecular weight excluding hydrogens is 551 g/mol. The maximum absolute atomic E-state index is 2.55. The molecule has 2 aliphatic rings. The summed E-state index contributed by atoms with van der Waals surface area (Å²) in [5.41, 5.74) is 11.4. The maximum atomic E-state index is 2.55. The molecule has 210 valence electrons. The quantitative estimate of drug-likeness (QED) is 0.184. The van der Waals surface area contributed by atoms with Crippen LogP contribution in [0.25, 0.3) is 56.0 Å². The summed E-state index contributed by atoms with van der Waals surface area (Å²) in [6.07, 6.45) is 9.44. The average molecular weight is 582 g/mol. The number of benzene rings is 7. The fourth-order valence-corrected chi connectivity index (χ4v) is 9.95. The second-order valence-electron chi connectivity index (χ2n) is 12.1. The van der Waals surface area contributed by atoms with Crippen LogP contribution in [0.5, 0.6) is 0 Å². The molecule has 0 spiro atoms. The van der Waals surface area contributed by atoms with E-state index in [4.69, 9.17) is 0 Å². The summed E-state index contributed by atoms with van der Waals surface area (Å²) >= 11 is 0. The van der Waals surface area contributed by atoms with Gasteiger partial charge in [0.2, 0.25) is 0 Å². The minimum Gasteiger partial charge on any atom is -0.308 e. The number of rotatable bonds is 2. The number of para-hydroxylation sites is 2.